The third-order valence-electron chi connectivity index (χ3n) is 5.25. The van der Waals surface area contributed by atoms with Gasteiger partial charge in [0.2, 0.25) is 11.8 Å². The fourth-order valence-electron chi connectivity index (χ4n) is 3.35. The third kappa shape index (κ3) is 6.85. The standard InChI is InChI=1S/C25H34N2O4S/c1-7-12-27(25(29)18(2)3)17-24(28)26(16-23-19(4)11-14-32-23)13-10-20-8-9-21(30-5)22(15-20)31-6/h7-9,11,14-15,18H,1,10,12-13,16-17H2,2-6H3. The Morgan fingerprint density at radius 3 is 2.41 bits per heavy atom. The van der Waals surface area contributed by atoms with E-state index in [1.165, 1.54) is 5.56 Å². The zero-order valence-electron chi connectivity index (χ0n) is 19.7. The van der Waals surface area contributed by atoms with Crippen LogP contribution in [0.3, 0.4) is 0 Å². The molecule has 2 aromatic rings. The number of rotatable bonds is 12. The highest BCUT2D eigenvalue weighted by molar-refractivity contribution is 7.10. The fourth-order valence-corrected chi connectivity index (χ4v) is 4.27. The minimum Gasteiger partial charge on any atom is -0.493 e. The van der Waals surface area contributed by atoms with Gasteiger partial charge in [0.15, 0.2) is 11.5 Å². The van der Waals surface area contributed by atoms with E-state index in [-0.39, 0.29) is 24.3 Å². The van der Waals surface area contributed by atoms with Gasteiger partial charge in [0, 0.05) is 23.9 Å². The molecule has 32 heavy (non-hydrogen) atoms. The maximum Gasteiger partial charge on any atom is 0.242 e. The van der Waals surface area contributed by atoms with Crippen LogP contribution in [0.2, 0.25) is 0 Å². The molecule has 0 spiro atoms. The van der Waals surface area contributed by atoms with Gasteiger partial charge in [-0.15, -0.1) is 17.9 Å². The summed E-state index contributed by atoms with van der Waals surface area (Å²) >= 11 is 1.64. The van der Waals surface area contributed by atoms with Crippen molar-refractivity contribution in [3.63, 3.8) is 0 Å². The number of benzene rings is 1. The fraction of sp³-hybridized carbons (Fsp3) is 0.440. The molecule has 0 aliphatic rings. The molecule has 2 amide bonds. The minimum atomic E-state index is -0.178. The normalized spacial score (nSPS) is 10.7. The van der Waals surface area contributed by atoms with Gasteiger partial charge in [0.1, 0.15) is 6.54 Å². The van der Waals surface area contributed by atoms with Crippen molar-refractivity contribution in [2.75, 3.05) is 33.9 Å². The average Bonchev–Trinajstić information content (AvgIpc) is 3.19. The highest BCUT2D eigenvalue weighted by Crippen LogP contribution is 2.28. The van der Waals surface area contributed by atoms with Crippen molar-refractivity contribution in [3.8, 4) is 11.5 Å². The van der Waals surface area contributed by atoms with E-state index in [2.05, 4.69) is 19.6 Å². The van der Waals surface area contributed by atoms with E-state index in [1.54, 1.807) is 36.5 Å². The van der Waals surface area contributed by atoms with Crippen molar-refractivity contribution in [1.29, 1.82) is 0 Å². The van der Waals surface area contributed by atoms with E-state index in [0.717, 1.165) is 10.4 Å². The van der Waals surface area contributed by atoms with Crippen molar-refractivity contribution in [1.82, 2.24) is 9.80 Å². The lowest BCUT2D eigenvalue weighted by Crippen LogP contribution is -2.44. The Bertz CT molecular complexity index is 922. The molecule has 1 aromatic heterocycles. The molecule has 174 valence electrons. The van der Waals surface area contributed by atoms with Gasteiger partial charge in [0.05, 0.1) is 20.8 Å². The van der Waals surface area contributed by atoms with E-state index < -0.39 is 0 Å². The Hall–Kier alpha value is -2.80. The Balaban J connectivity index is 2.20. The Labute approximate surface area is 195 Å². The predicted octanol–water partition coefficient (Wildman–Crippen LogP) is 4.32. The first kappa shape index (κ1) is 25.5. The second-order valence-corrected chi connectivity index (χ2v) is 8.94. The summed E-state index contributed by atoms with van der Waals surface area (Å²) < 4.78 is 10.7. The lowest BCUT2D eigenvalue weighted by molar-refractivity contribution is -0.142. The molecule has 0 unspecified atom stereocenters. The first-order valence-corrected chi connectivity index (χ1v) is 11.6. The summed E-state index contributed by atoms with van der Waals surface area (Å²) in [7, 11) is 3.21. The molecule has 1 heterocycles. The lowest BCUT2D eigenvalue weighted by Gasteiger charge is -2.28. The van der Waals surface area contributed by atoms with Gasteiger partial charge in [-0.3, -0.25) is 9.59 Å². The Morgan fingerprint density at radius 1 is 1.12 bits per heavy atom. The largest absolute Gasteiger partial charge is 0.493 e. The third-order valence-corrected chi connectivity index (χ3v) is 6.26. The molecule has 0 N–H and O–H groups in total. The van der Waals surface area contributed by atoms with E-state index in [0.29, 0.717) is 37.6 Å². The van der Waals surface area contributed by atoms with Crippen LogP contribution < -0.4 is 9.47 Å². The number of methoxy groups -OCH3 is 2. The van der Waals surface area contributed by atoms with Crippen LogP contribution in [0, 0.1) is 12.8 Å². The summed E-state index contributed by atoms with van der Waals surface area (Å²) in [4.78, 5) is 30.4. The van der Waals surface area contributed by atoms with Gasteiger partial charge in [-0.25, -0.2) is 0 Å². The Morgan fingerprint density at radius 2 is 1.84 bits per heavy atom. The van der Waals surface area contributed by atoms with Gasteiger partial charge in [-0.05, 0) is 48.1 Å². The minimum absolute atomic E-state index is 0.0411. The molecule has 1 aromatic carbocycles. The molecule has 0 radical (unpaired) electrons. The zero-order valence-corrected chi connectivity index (χ0v) is 20.5. The van der Waals surface area contributed by atoms with Crippen molar-refractivity contribution in [2.24, 2.45) is 5.92 Å². The SMILES string of the molecule is C=CCN(CC(=O)N(CCc1ccc(OC)c(OC)c1)Cc1sccc1C)C(=O)C(C)C. The summed E-state index contributed by atoms with van der Waals surface area (Å²) in [5.41, 5.74) is 2.21. The maximum absolute atomic E-state index is 13.3. The van der Waals surface area contributed by atoms with Gasteiger partial charge in [0.25, 0.3) is 0 Å². The van der Waals surface area contributed by atoms with Crippen LogP contribution >= 0.6 is 11.3 Å². The van der Waals surface area contributed by atoms with Gasteiger partial charge >= 0.3 is 0 Å². The van der Waals surface area contributed by atoms with Crippen LogP contribution in [0.15, 0.2) is 42.3 Å². The molecule has 0 saturated heterocycles. The molecule has 0 bridgehead atoms. The molecule has 7 heteroatoms. The summed E-state index contributed by atoms with van der Waals surface area (Å²) in [5, 5.41) is 2.04. The molecule has 2 rings (SSSR count). The van der Waals surface area contributed by atoms with E-state index in [9.17, 15) is 9.59 Å². The lowest BCUT2D eigenvalue weighted by atomic mass is 10.1. The maximum atomic E-state index is 13.3. The first-order chi connectivity index (χ1) is 15.3. The molecule has 0 atom stereocenters. The molecular weight excluding hydrogens is 424 g/mol. The zero-order chi connectivity index (χ0) is 23.7. The van der Waals surface area contributed by atoms with E-state index in [4.69, 9.17) is 9.47 Å². The van der Waals surface area contributed by atoms with Gasteiger partial charge in [-0.1, -0.05) is 26.0 Å². The highest BCUT2D eigenvalue weighted by atomic mass is 32.1. The summed E-state index contributed by atoms with van der Waals surface area (Å²) in [6, 6.07) is 7.84. The van der Waals surface area contributed by atoms with Crippen LogP contribution in [0.5, 0.6) is 11.5 Å². The topological polar surface area (TPSA) is 59.1 Å². The predicted molar refractivity (Wildman–Crippen MR) is 129 cm³/mol. The van der Waals surface area contributed by atoms with Gasteiger partial charge in [-0.2, -0.15) is 0 Å². The second-order valence-electron chi connectivity index (χ2n) is 7.94. The number of aryl methyl sites for hydroxylation is 1. The number of nitrogens with zero attached hydrogens (tertiary/aromatic N) is 2. The number of carbonyl (C=O) groups excluding carboxylic acids is 2. The average molecular weight is 459 g/mol. The molecule has 6 nitrogen and oxygen atoms in total. The van der Waals surface area contributed by atoms with Gasteiger partial charge < -0.3 is 19.3 Å². The summed E-state index contributed by atoms with van der Waals surface area (Å²) in [6.45, 7) is 10.9. The molecule has 0 fully saturated rings. The van der Waals surface area contributed by atoms with Crippen LogP contribution in [-0.2, 0) is 22.6 Å². The number of carbonyl (C=O) groups is 2. The number of ether oxygens (including phenoxy) is 2. The van der Waals surface area contributed by atoms with Crippen molar-refractivity contribution >= 4 is 23.2 Å². The molecule has 0 aliphatic heterocycles. The number of amides is 2. The first-order valence-electron chi connectivity index (χ1n) is 10.7. The number of hydrogen-bond acceptors (Lipinski definition) is 5. The summed E-state index contributed by atoms with van der Waals surface area (Å²) in [6.07, 6.45) is 2.32. The smallest absolute Gasteiger partial charge is 0.242 e. The number of thiophene rings is 1. The van der Waals surface area contributed by atoms with Crippen molar-refractivity contribution < 1.29 is 19.1 Å². The molecular formula is C25H34N2O4S. The van der Waals surface area contributed by atoms with E-state index in [1.807, 2.05) is 42.3 Å². The van der Waals surface area contributed by atoms with Crippen LogP contribution in [0.4, 0.5) is 0 Å². The van der Waals surface area contributed by atoms with E-state index >= 15 is 0 Å². The van der Waals surface area contributed by atoms with Crippen molar-refractivity contribution in [3.05, 3.63) is 58.3 Å². The summed E-state index contributed by atoms with van der Waals surface area (Å²) in [5.74, 6) is 1.03. The van der Waals surface area contributed by atoms with Crippen molar-refractivity contribution in [2.45, 2.75) is 33.7 Å². The molecule has 0 aliphatic carbocycles. The molecule has 0 saturated carbocycles. The monoisotopic (exact) mass is 458 g/mol. The number of hydrogen-bond donors (Lipinski definition) is 0. The van der Waals surface area contributed by atoms with Crippen LogP contribution in [0.25, 0.3) is 0 Å². The van der Waals surface area contributed by atoms with Crippen LogP contribution in [-0.4, -0.2) is 55.5 Å². The van der Waals surface area contributed by atoms with Crippen LogP contribution in [0.1, 0.15) is 29.9 Å². The Kier molecular flexibility index (Phi) is 9.78. The quantitative estimate of drug-likeness (QED) is 0.445. The second kappa shape index (κ2) is 12.3. The highest BCUT2D eigenvalue weighted by Gasteiger charge is 2.23.